The van der Waals surface area contributed by atoms with Crippen LogP contribution < -0.4 is 4.90 Å². The minimum Gasteiger partial charge on any atom is -0.478 e. The van der Waals surface area contributed by atoms with E-state index >= 15 is 0 Å². The van der Waals surface area contributed by atoms with E-state index in [0.717, 1.165) is 24.6 Å². The summed E-state index contributed by atoms with van der Waals surface area (Å²) in [5, 5.41) is 9.11. The lowest BCUT2D eigenvalue weighted by molar-refractivity contribution is 0.0696. The van der Waals surface area contributed by atoms with E-state index in [1.54, 1.807) is 12.1 Å². The summed E-state index contributed by atoms with van der Waals surface area (Å²) < 4.78 is 0. The lowest BCUT2D eigenvalue weighted by Gasteiger charge is -2.22. The Bertz CT molecular complexity index is 488. The first kappa shape index (κ1) is 13.8. The quantitative estimate of drug-likeness (QED) is 0.895. The lowest BCUT2D eigenvalue weighted by Crippen LogP contribution is -2.34. The summed E-state index contributed by atoms with van der Waals surface area (Å²) in [4.78, 5) is 20.0. The summed E-state index contributed by atoms with van der Waals surface area (Å²) in [7, 11) is 4.16. The van der Waals surface area contributed by atoms with Gasteiger partial charge in [0.25, 0.3) is 0 Å². The number of anilines is 1. The second kappa shape index (κ2) is 5.17. The molecule has 1 fully saturated rings. The van der Waals surface area contributed by atoms with Gasteiger partial charge in [-0.2, -0.15) is 0 Å². The molecule has 104 valence electrons. The molecule has 1 aromatic rings. The van der Waals surface area contributed by atoms with E-state index < -0.39 is 5.97 Å². The molecule has 1 saturated heterocycles. The molecule has 2 unspecified atom stereocenters. The maximum absolute atomic E-state index is 11.1. The zero-order valence-electron chi connectivity index (χ0n) is 11.9. The monoisotopic (exact) mass is 263 g/mol. The van der Waals surface area contributed by atoms with Crippen molar-refractivity contribution >= 4 is 11.8 Å². The fourth-order valence-corrected chi connectivity index (χ4v) is 2.75. The summed E-state index contributed by atoms with van der Waals surface area (Å²) in [5.74, 6) is 0.419. The number of likely N-dealkylation sites (N-methyl/N-ethyl adjacent to an activating group) is 1. The number of carboxylic acids is 1. The third-order valence-electron chi connectivity index (χ3n) is 3.75. The first-order valence-electron chi connectivity index (χ1n) is 6.52. The van der Waals surface area contributed by atoms with Crippen LogP contribution in [-0.4, -0.2) is 54.2 Å². The molecular formula is C14H21N3O2. The van der Waals surface area contributed by atoms with Crippen molar-refractivity contribution in [2.45, 2.75) is 19.9 Å². The first-order chi connectivity index (χ1) is 8.88. The molecule has 1 N–H and O–H groups in total. The van der Waals surface area contributed by atoms with E-state index in [0.29, 0.717) is 17.5 Å². The number of pyridine rings is 1. The third-order valence-corrected chi connectivity index (χ3v) is 3.75. The molecule has 1 aliphatic heterocycles. The minimum absolute atomic E-state index is 0.309. The van der Waals surface area contributed by atoms with Gasteiger partial charge in [0, 0.05) is 24.8 Å². The molecule has 0 amide bonds. The smallest absolute Gasteiger partial charge is 0.335 e. The zero-order valence-corrected chi connectivity index (χ0v) is 11.9. The van der Waals surface area contributed by atoms with Crippen LogP contribution in [0.25, 0.3) is 0 Å². The predicted molar refractivity (Wildman–Crippen MR) is 74.8 cm³/mol. The van der Waals surface area contributed by atoms with Crippen molar-refractivity contribution in [3.8, 4) is 0 Å². The van der Waals surface area contributed by atoms with Crippen LogP contribution in [0.4, 0.5) is 5.82 Å². The summed E-state index contributed by atoms with van der Waals surface area (Å²) in [6.07, 6.45) is 0. The molecule has 2 atom stereocenters. The average Bonchev–Trinajstić information content (AvgIpc) is 2.70. The van der Waals surface area contributed by atoms with Crippen LogP contribution in [0.3, 0.4) is 0 Å². The van der Waals surface area contributed by atoms with Crippen LogP contribution >= 0.6 is 0 Å². The van der Waals surface area contributed by atoms with E-state index in [9.17, 15) is 4.79 Å². The van der Waals surface area contributed by atoms with E-state index in [1.165, 1.54) is 0 Å². The molecule has 5 heteroatoms. The van der Waals surface area contributed by atoms with Crippen LogP contribution in [0.1, 0.15) is 23.0 Å². The van der Waals surface area contributed by atoms with Crippen molar-refractivity contribution in [3.05, 3.63) is 23.4 Å². The van der Waals surface area contributed by atoms with Crippen molar-refractivity contribution in [1.82, 2.24) is 9.88 Å². The Labute approximate surface area is 113 Å². The van der Waals surface area contributed by atoms with Crippen LogP contribution in [0, 0.1) is 12.8 Å². The minimum atomic E-state index is -0.900. The Morgan fingerprint density at radius 3 is 2.63 bits per heavy atom. The van der Waals surface area contributed by atoms with Gasteiger partial charge in [0.2, 0.25) is 0 Å². The first-order valence-corrected chi connectivity index (χ1v) is 6.52. The highest BCUT2D eigenvalue weighted by atomic mass is 16.4. The Kier molecular flexibility index (Phi) is 3.75. The summed E-state index contributed by atoms with van der Waals surface area (Å²) >= 11 is 0. The fraction of sp³-hybridized carbons (Fsp3) is 0.571. The van der Waals surface area contributed by atoms with Crippen LogP contribution in [-0.2, 0) is 0 Å². The molecule has 2 rings (SSSR count). The van der Waals surface area contributed by atoms with Gasteiger partial charge in [-0.1, -0.05) is 6.92 Å². The number of carboxylic acid groups (broad SMARTS) is 1. The average molecular weight is 263 g/mol. The maximum atomic E-state index is 11.1. The van der Waals surface area contributed by atoms with Crippen molar-refractivity contribution in [2.75, 3.05) is 32.1 Å². The Morgan fingerprint density at radius 2 is 2.11 bits per heavy atom. The second-order valence-electron chi connectivity index (χ2n) is 5.57. The molecule has 5 nitrogen and oxygen atoms in total. The SMILES string of the molecule is Cc1cc(C(=O)O)cc(N2CC(C)C(N(C)C)C2)n1. The molecule has 0 aromatic carbocycles. The summed E-state index contributed by atoms with van der Waals surface area (Å²) in [6, 6.07) is 3.75. The van der Waals surface area contributed by atoms with Crippen molar-refractivity contribution in [1.29, 1.82) is 0 Å². The van der Waals surface area contributed by atoms with E-state index in [1.807, 2.05) is 6.92 Å². The highest BCUT2D eigenvalue weighted by Gasteiger charge is 2.31. The predicted octanol–water partition coefficient (Wildman–Crippen LogP) is 1.47. The van der Waals surface area contributed by atoms with Gasteiger partial charge in [-0.15, -0.1) is 0 Å². The number of aryl methyl sites for hydroxylation is 1. The molecule has 0 aliphatic carbocycles. The van der Waals surface area contributed by atoms with Crippen molar-refractivity contribution < 1.29 is 9.90 Å². The van der Waals surface area contributed by atoms with E-state index in [4.69, 9.17) is 5.11 Å². The number of hydrogen-bond acceptors (Lipinski definition) is 4. The highest BCUT2D eigenvalue weighted by Crippen LogP contribution is 2.25. The van der Waals surface area contributed by atoms with Gasteiger partial charge in [0.1, 0.15) is 5.82 Å². The normalized spacial score (nSPS) is 23.1. The highest BCUT2D eigenvalue weighted by molar-refractivity contribution is 5.88. The standard InChI is InChI=1S/C14H21N3O2/c1-9-7-17(8-12(9)16(3)4)13-6-11(14(18)19)5-10(2)15-13/h5-6,9,12H,7-8H2,1-4H3,(H,18,19). The van der Waals surface area contributed by atoms with Gasteiger partial charge in [-0.25, -0.2) is 9.78 Å². The van der Waals surface area contributed by atoms with Gasteiger partial charge >= 0.3 is 5.97 Å². The van der Waals surface area contributed by atoms with Crippen molar-refractivity contribution in [2.24, 2.45) is 5.92 Å². The molecule has 1 aliphatic rings. The number of hydrogen-bond donors (Lipinski definition) is 1. The van der Waals surface area contributed by atoms with E-state index in [2.05, 4.69) is 35.8 Å². The third kappa shape index (κ3) is 2.87. The zero-order chi connectivity index (χ0) is 14.2. The topological polar surface area (TPSA) is 56.7 Å². The van der Waals surface area contributed by atoms with E-state index in [-0.39, 0.29) is 0 Å². The van der Waals surface area contributed by atoms with Crippen molar-refractivity contribution in [3.63, 3.8) is 0 Å². The Morgan fingerprint density at radius 1 is 1.42 bits per heavy atom. The summed E-state index contributed by atoms with van der Waals surface area (Å²) in [5.41, 5.74) is 1.05. The Hall–Kier alpha value is -1.62. The van der Waals surface area contributed by atoms with Gasteiger partial charge in [0.05, 0.1) is 5.56 Å². The van der Waals surface area contributed by atoms with Gasteiger partial charge in [-0.3, -0.25) is 0 Å². The lowest BCUT2D eigenvalue weighted by atomic mass is 10.1. The largest absolute Gasteiger partial charge is 0.478 e. The maximum Gasteiger partial charge on any atom is 0.335 e. The van der Waals surface area contributed by atoms with Gasteiger partial charge < -0.3 is 14.9 Å². The Balaban J connectivity index is 2.26. The fourth-order valence-electron chi connectivity index (χ4n) is 2.75. The van der Waals surface area contributed by atoms with Gasteiger partial charge in [0.15, 0.2) is 0 Å². The molecule has 19 heavy (non-hydrogen) atoms. The van der Waals surface area contributed by atoms with Crippen LogP contribution in [0.15, 0.2) is 12.1 Å². The molecule has 1 aromatic heterocycles. The number of carbonyl (C=O) groups is 1. The van der Waals surface area contributed by atoms with Crippen LogP contribution in [0.2, 0.25) is 0 Å². The number of rotatable bonds is 3. The molecular weight excluding hydrogens is 242 g/mol. The second-order valence-corrected chi connectivity index (χ2v) is 5.57. The van der Waals surface area contributed by atoms with Gasteiger partial charge in [-0.05, 0) is 39.1 Å². The molecule has 0 radical (unpaired) electrons. The number of aromatic carboxylic acids is 1. The molecule has 0 bridgehead atoms. The molecule has 0 spiro atoms. The summed E-state index contributed by atoms with van der Waals surface area (Å²) in [6.45, 7) is 5.86. The molecule has 2 heterocycles. The molecule has 0 saturated carbocycles. The van der Waals surface area contributed by atoms with Crippen LogP contribution in [0.5, 0.6) is 0 Å². The number of nitrogens with zero attached hydrogens (tertiary/aromatic N) is 3. The number of aromatic nitrogens is 1.